The Hall–Kier alpha value is -1.32. The largest absolute Gasteiger partial charge is 0.432 e. The Balaban J connectivity index is 0.00000261. The number of halogens is 2. The van der Waals surface area contributed by atoms with Crippen LogP contribution in [0, 0.1) is 23.7 Å². The average molecular weight is 400 g/mol. The third-order valence-corrected chi connectivity index (χ3v) is 6.33. The Morgan fingerprint density at radius 1 is 1.00 bits per heavy atom. The van der Waals surface area contributed by atoms with Gasteiger partial charge in [0.05, 0.1) is 16.8 Å². The molecule has 0 N–H and O–H groups in total. The first-order chi connectivity index (χ1) is 12.5. The van der Waals surface area contributed by atoms with Crippen LogP contribution in [0.3, 0.4) is 0 Å². The van der Waals surface area contributed by atoms with Gasteiger partial charge in [-0.3, -0.25) is 0 Å². The van der Waals surface area contributed by atoms with Gasteiger partial charge in [-0.25, -0.2) is 0 Å². The van der Waals surface area contributed by atoms with E-state index in [0.29, 0.717) is 24.4 Å². The van der Waals surface area contributed by atoms with E-state index in [9.17, 15) is 8.78 Å². The van der Waals surface area contributed by atoms with Crippen molar-refractivity contribution >= 4 is 23.1 Å². The van der Waals surface area contributed by atoms with Gasteiger partial charge in [0, 0.05) is 2.85 Å². The summed E-state index contributed by atoms with van der Waals surface area (Å²) >= 11 is 4.53. The second kappa shape index (κ2) is 9.75. The van der Waals surface area contributed by atoms with E-state index in [0.717, 1.165) is 24.7 Å². The maximum atomic E-state index is 14.6. The molecule has 0 radical (unpaired) electrons. The molecule has 0 heterocycles. The van der Waals surface area contributed by atoms with Crippen molar-refractivity contribution in [2.24, 2.45) is 28.7 Å². The van der Waals surface area contributed by atoms with Crippen LogP contribution in [0.5, 0.6) is 5.75 Å². The van der Waals surface area contributed by atoms with Crippen LogP contribution in [0.25, 0.3) is 0 Å². The van der Waals surface area contributed by atoms with Crippen LogP contribution in [0.1, 0.15) is 68.6 Å². The lowest BCUT2D eigenvalue weighted by atomic mass is 9.69. The van der Waals surface area contributed by atoms with Gasteiger partial charge in [-0.1, -0.05) is 27.2 Å². The molecule has 0 aliphatic heterocycles. The topological polar surface area (TPSA) is 21.6 Å². The van der Waals surface area contributed by atoms with Gasteiger partial charge in [-0.05, 0) is 92.8 Å². The highest BCUT2D eigenvalue weighted by Gasteiger charge is 2.45. The first-order valence-electron chi connectivity index (χ1n) is 9.72. The van der Waals surface area contributed by atoms with Crippen LogP contribution in [0.2, 0.25) is 0 Å². The number of ether oxygens (including phenoxy) is 1. The minimum Gasteiger partial charge on any atom is -0.432 e. The van der Waals surface area contributed by atoms with Crippen LogP contribution in [-0.4, -0.2) is 11.3 Å². The highest BCUT2D eigenvalue weighted by Crippen LogP contribution is 2.45. The van der Waals surface area contributed by atoms with E-state index in [-0.39, 0.29) is 16.0 Å². The van der Waals surface area contributed by atoms with Crippen molar-refractivity contribution in [1.29, 1.82) is 0 Å². The summed E-state index contributed by atoms with van der Waals surface area (Å²) in [4.78, 5) is 3.81. The zero-order valence-corrected chi connectivity index (χ0v) is 16.1. The second-order valence-electron chi connectivity index (χ2n) is 7.99. The number of alkyl halides is 2. The van der Waals surface area contributed by atoms with Gasteiger partial charge in [0.1, 0.15) is 5.75 Å². The Bertz CT molecular complexity index is 637. The van der Waals surface area contributed by atoms with Crippen molar-refractivity contribution in [2.45, 2.75) is 71.8 Å². The molecule has 2 aliphatic rings. The predicted molar refractivity (Wildman–Crippen MR) is 114 cm³/mol. The van der Waals surface area contributed by atoms with Crippen molar-refractivity contribution in [1.82, 2.24) is 0 Å². The molecule has 5 heteroatoms. The lowest BCUT2D eigenvalue weighted by Gasteiger charge is -2.38. The summed E-state index contributed by atoms with van der Waals surface area (Å²) in [6, 6.07) is 6.22. The molecule has 0 aromatic heterocycles. The normalized spacial score (nSPS) is 28.6. The standard InChI is InChI=1S/C21H27F2NOS.CH4.2H2/c1-15-2-4-16(5-3-15)17-6-8-18(9-7-17)21(22,23)25-20-12-10-19(11-13-20)24-14-26;;;/h10-13,15-18H,2-9H2,1H3;1H4;2*1H. The third-order valence-electron chi connectivity index (χ3n) is 6.24. The number of hydrogen-bond donors (Lipinski definition) is 0. The van der Waals surface area contributed by atoms with Crippen molar-refractivity contribution in [3.05, 3.63) is 24.3 Å². The molecule has 1 aromatic carbocycles. The molecule has 2 saturated carbocycles. The van der Waals surface area contributed by atoms with Crippen molar-refractivity contribution in [3.63, 3.8) is 0 Å². The molecular weight excluding hydrogens is 364 g/mol. The molecule has 27 heavy (non-hydrogen) atoms. The van der Waals surface area contributed by atoms with E-state index in [2.05, 4.69) is 29.3 Å². The summed E-state index contributed by atoms with van der Waals surface area (Å²) < 4.78 is 34.2. The quantitative estimate of drug-likeness (QED) is 0.368. The number of rotatable bonds is 5. The molecule has 154 valence electrons. The molecule has 0 amide bonds. The molecule has 2 nitrogen and oxygen atoms in total. The fraction of sp³-hybridized carbons (Fsp3) is 0.682. The van der Waals surface area contributed by atoms with Crippen LogP contribution >= 0.6 is 12.2 Å². The first kappa shape index (κ1) is 22.0. The van der Waals surface area contributed by atoms with Gasteiger partial charge in [-0.15, -0.1) is 0 Å². The average Bonchev–Trinajstić information content (AvgIpc) is 2.64. The molecule has 0 atom stereocenters. The van der Waals surface area contributed by atoms with Crippen LogP contribution in [-0.2, 0) is 0 Å². The van der Waals surface area contributed by atoms with Gasteiger partial charge in [0.15, 0.2) is 0 Å². The van der Waals surface area contributed by atoms with Gasteiger partial charge in [-0.2, -0.15) is 13.8 Å². The molecule has 2 fully saturated rings. The fourth-order valence-electron chi connectivity index (χ4n) is 4.57. The molecule has 0 saturated heterocycles. The Morgan fingerprint density at radius 2 is 1.52 bits per heavy atom. The minimum atomic E-state index is -3.12. The molecule has 0 spiro atoms. The summed E-state index contributed by atoms with van der Waals surface area (Å²) in [5.41, 5.74) is 0.581. The molecule has 3 rings (SSSR count). The zero-order chi connectivity index (χ0) is 18.6. The van der Waals surface area contributed by atoms with Crippen molar-refractivity contribution < 1.29 is 16.4 Å². The highest BCUT2D eigenvalue weighted by molar-refractivity contribution is 7.78. The van der Waals surface area contributed by atoms with E-state index in [1.807, 2.05) is 0 Å². The molecular formula is C22H35F2NOS. The minimum absolute atomic E-state index is 0. The number of nitrogens with zero attached hydrogens (tertiary/aromatic N) is 1. The van der Waals surface area contributed by atoms with Gasteiger partial charge < -0.3 is 4.74 Å². The van der Waals surface area contributed by atoms with Gasteiger partial charge in [0.2, 0.25) is 0 Å². The van der Waals surface area contributed by atoms with E-state index >= 15 is 0 Å². The van der Waals surface area contributed by atoms with Crippen LogP contribution in [0.4, 0.5) is 14.5 Å². The Kier molecular flexibility index (Phi) is 7.93. The summed E-state index contributed by atoms with van der Waals surface area (Å²) in [6.45, 7) is 2.32. The Morgan fingerprint density at radius 3 is 2.04 bits per heavy atom. The first-order valence-corrected chi connectivity index (χ1v) is 10.1. The fourth-order valence-corrected chi connectivity index (χ4v) is 4.67. The van der Waals surface area contributed by atoms with Gasteiger partial charge in [0.25, 0.3) is 0 Å². The highest BCUT2D eigenvalue weighted by atomic mass is 32.1. The lowest BCUT2D eigenvalue weighted by molar-refractivity contribution is -0.224. The number of aliphatic imine (C=N–C) groups is 1. The molecule has 1 aromatic rings. The molecule has 0 unspecified atom stereocenters. The number of thiocarbonyl (C=S) groups is 1. The number of benzene rings is 1. The van der Waals surface area contributed by atoms with Crippen LogP contribution in [0.15, 0.2) is 29.3 Å². The third kappa shape index (κ3) is 5.83. The van der Waals surface area contributed by atoms with E-state index in [1.54, 1.807) is 12.1 Å². The monoisotopic (exact) mass is 399 g/mol. The van der Waals surface area contributed by atoms with Crippen molar-refractivity contribution in [2.75, 3.05) is 0 Å². The lowest BCUT2D eigenvalue weighted by Crippen LogP contribution is -2.38. The Labute approximate surface area is 170 Å². The maximum absolute atomic E-state index is 14.6. The maximum Gasteiger partial charge on any atom is 0.400 e. The smallest absolute Gasteiger partial charge is 0.400 e. The van der Waals surface area contributed by atoms with Gasteiger partial charge >= 0.3 is 6.11 Å². The molecule has 0 bridgehead atoms. The van der Waals surface area contributed by atoms with Crippen molar-refractivity contribution in [3.8, 4) is 5.75 Å². The summed E-state index contributed by atoms with van der Waals surface area (Å²) in [6.07, 6.45) is 4.95. The van der Waals surface area contributed by atoms with E-state index in [1.165, 1.54) is 37.8 Å². The summed E-state index contributed by atoms with van der Waals surface area (Å²) in [5, 5.41) is 2.26. The van der Waals surface area contributed by atoms with E-state index in [4.69, 9.17) is 4.74 Å². The summed E-state index contributed by atoms with van der Waals surface area (Å²) in [5.74, 6) is 1.68. The van der Waals surface area contributed by atoms with Crippen LogP contribution < -0.4 is 4.74 Å². The number of isothiocyanates is 1. The predicted octanol–water partition coefficient (Wildman–Crippen LogP) is 8.15. The van der Waals surface area contributed by atoms with E-state index < -0.39 is 12.0 Å². The number of hydrogen-bond acceptors (Lipinski definition) is 3. The summed E-state index contributed by atoms with van der Waals surface area (Å²) in [7, 11) is 0. The SMILES string of the molecule is C.CC1CCC(C2CCC(C(F)(F)Oc3ccc(N=C=S)cc3)CC2)CC1.[HH].[HH]. The molecule has 2 aliphatic carbocycles. The second-order valence-corrected chi connectivity index (χ2v) is 8.18. The zero-order valence-electron chi connectivity index (χ0n) is 15.3.